The van der Waals surface area contributed by atoms with Crippen molar-refractivity contribution < 1.29 is 27.9 Å². The molecule has 2 aromatic heterocycles. The van der Waals surface area contributed by atoms with Gasteiger partial charge >= 0.3 is 0 Å². The van der Waals surface area contributed by atoms with Gasteiger partial charge < -0.3 is 24.1 Å². The minimum atomic E-state index is -0.415. The van der Waals surface area contributed by atoms with Crippen LogP contribution in [0.2, 0.25) is 0 Å². The summed E-state index contributed by atoms with van der Waals surface area (Å²) in [6.45, 7) is 1.72. The lowest BCUT2D eigenvalue weighted by atomic mass is 10.0. The summed E-state index contributed by atoms with van der Waals surface area (Å²) in [7, 11) is 4.48. The van der Waals surface area contributed by atoms with Gasteiger partial charge in [-0.25, -0.2) is 9.37 Å². The number of benzene rings is 2. The van der Waals surface area contributed by atoms with E-state index >= 15 is 0 Å². The lowest BCUT2D eigenvalue weighted by Gasteiger charge is -2.15. The Labute approximate surface area is 182 Å². The highest BCUT2D eigenvalue weighted by Gasteiger charge is 2.21. The second kappa shape index (κ2) is 8.54. The van der Waals surface area contributed by atoms with Crippen molar-refractivity contribution in [3.63, 3.8) is 0 Å². The number of nitrogens with one attached hydrogen (secondary N) is 1. The maximum atomic E-state index is 13.3. The summed E-state index contributed by atoms with van der Waals surface area (Å²) in [4.78, 5) is 17.7. The molecule has 4 aromatic rings. The molecule has 0 spiro atoms. The van der Waals surface area contributed by atoms with Gasteiger partial charge in [0, 0.05) is 23.4 Å². The third-order valence-corrected chi connectivity index (χ3v) is 4.92. The minimum Gasteiger partial charge on any atom is -0.493 e. The van der Waals surface area contributed by atoms with E-state index in [1.54, 1.807) is 37.3 Å². The van der Waals surface area contributed by atoms with Gasteiger partial charge in [-0.1, -0.05) is 5.16 Å². The molecular weight excluding hydrogens is 417 g/mol. The molecular formula is C23H20FN3O5. The highest BCUT2D eigenvalue weighted by molar-refractivity contribution is 6.13. The molecule has 0 aliphatic rings. The van der Waals surface area contributed by atoms with Crippen LogP contribution in [-0.4, -0.2) is 37.4 Å². The molecule has 8 nitrogen and oxygen atoms in total. The number of fused-ring (bicyclic) bond motifs is 1. The molecule has 0 unspecified atom stereocenters. The third-order valence-electron chi connectivity index (χ3n) is 4.92. The maximum Gasteiger partial charge on any atom is 0.259 e. The zero-order chi connectivity index (χ0) is 22.8. The Morgan fingerprint density at radius 1 is 1.00 bits per heavy atom. The maximum absolute atomic E-state index is 13.3. The Morgan fingerprint density at radius 2 is 1.66 bits per heavy atom. The van der Waals surface area contributed by atoms with Crippen molar-refractivity contribution in [1.29, 1.82) is 0 Å². The molecule has 164 valence electrons. The van der Waals surface area contributed by atoms with Gasteiger partial charge in [0.05, 0.1) is 43.7 Å². The fourth-order valence-electron chi connectivity index (χ4n) is 3.39. The molecule has 0 saturated carbocycles. The first kappa shape index (κ1) is 21.1. The van der Waals surface area contributed by atoms with E-state index in [0.29, 0.717) is 50.8 Å². The van der Waals surface area contributed by atoms with Crippen molar-refractivity contribution in [2.75, 3.05) is 26.6 Å². The number of amides is 1. The number of rotatable bonds is 6. The van der Waals surface area contributed by atoms with E-state index in [1.165, 1.54) is 33.5 Å². The SMILES string of the molecule is COc1cc(NC(=O)c2cc(-c3ccc(F)cc3)nc3onc(C)c23)cc(OC)c1OC. The number of aromatic nitrogens is 2. The predicted octanol–water partition coefficient (Wildman–Crippen LogP) is 4.62. The van der Waals surface area contributed by atoms with E-state index in [-0.39, 0.29) is 11.5 Å². The summed E-state index contributed by atoms with van der Waals surface area (Å²) < 4.78 is 34.7. The quantitative estimate of drug-likeness (QED) is 0.470. The van der Waals surface area contributed by atoms with Crippen molar-refractivity contribution in [1.82, 2.24) is 10.1 Å². The average molecular weight is 437 g/mol. The summed E-state index contributed by atoms with van der Waals surface area (Å²) in [5.41, 5.74) is 2.55. The zero-order valence-corrected chi connectivity index (χ0v) is 17.9. The Kier molecular flexibility index (Phi) is 5.63. The van der Waals surface area contributed by atoms with Crippen LogP contribution in [0.5, 0.6) is 17.2 Å². The van der Waals surface area contributed by atoms with Gasteiger partial charge in [-0.05, 0) is 37.3 Å². The number of pyridine rings is 1. The molecule has 32 heavy (non-hydrogen) atoms. The molecule has 0 bridgehead atoms. The van der Waals surface area contributed by atoms with Gasteiger partial charge in [-0.15, -0.1) is 0 Å². The van der Waals surface area contributed by atoms with E-state index in [2.05, 4.69) is 15.5 Å². The van der Waals surface area contributed by atoms with Crippen LogP contribution in [0.1, 0.15) is 16.1 Å². The monoisotopic (exact) mass is 437 g/mol. The van der Waals surface area contributed by atoms with Crippen LogP contribution in [0, 0.1) is 12.7 Å². The van der Waals surface area contributed by atoms with Crippen LogP contribution in [0.15, 0.2) is 47.0 Å². The number of hydrogen-bond donors (Lipinski definition) is 1. The van der Waals surface area contributed by atoms with Gasteiger partial charge in [-0.3, -0.25) is 4.79 Å². The predicted molar refractivity (Wildman–Crippen MR) is 116 cm³/mol. The summed E-state index contributed by atoms with van der Waals surface area (Å²) in [5.74, 6) is 0.421. The molecule has 4 rings (SSSR count). The summed E-state index contributed by atoms with van der Waals surface area (Å²) >= 11 is 0. The number of nitrogens with zero attached hydrogens (tertiary/aromatic N) is 2. The van der Waals surface area contributed by atoms with Crippen LogP contribution in [-0.2, 0) is 0 Å². The molecule has 1 amide bonds. The number of hydrogen-bond acceptors (Lipinski definition) is 7. The van der Waals surface area contributed by atoms with Crippen molar-refractivity contribution >= 4 is 22.7 Å². The first-order chi connectivity index (χ1) is 15.4. The Balaban J connectivity index is 1.78. The Hall–Kier alpha value is -4.14. The Morgan fingerprint density at radius 3 is 2.25 bits per heavy atom. The number of anilines is 1. The second-order valence-corrected chi connectivity index (χ2v) is 6.88. The highest BCUT2D eigenvalue weighted by atomic mass is 19.1. The number of carbonyl (C=O) groups excluding carboxylic acids is 1. The smallest absolute Gasteiger partial charge is 0.259 e. The van der Waals surface area contributed by atoms with Crippen molar-refractivity contribution in [2.45, 2.75) is 6.92 Å². The van der Waals surface area contributed by atoms with Crippen LogP contribution < -0.4 is 19.5 Å². The molecule has 0 aliphatic heterocycles. The minimum absolute atomic E-state index is 0.208. The summed E-state index contributed by atoms with van der Waals surface area (Å²) in [5, 5.41) is 7.27. The number of carbonyl (C=O) groups is 1. The van der Waals surface area contributed by atoms with E-state index in [9.17, 15) is 9.18 Å². The topological polar surface area (TPSA) is 95.7 Å². The number of aryl methyl sites for hydroxylation is 1. The number of methoxy groups -OCH3 is 3. The molecule has 0 fully saturated rings. The number of halogens is 1. The zero-order valence-electron chi connectivity index (χ0n) is 17.9. The lowest BCUT2D eigenvalue weighted by molar-refractivity contribution is 0.102. The number of ether oxygens (including phenoxy) is 3. The highest BCUT2D eigenvalue weighted by Crippen LogP contribution is 2.40. The van der Waals surface area contributed by atoms with E-state index in [0.717, 1.165) is 0 Å². The fraction of sp³-hybridized carbons (Fsp3) is 0.174. The van der Waals surface area contributed by atoms with Crippen LogP contribution in [0.3, 0.4) is 0 Å². The molecule has 2 aromatic carbocycles. The lowest BCUT2D eigenvalue weighted by Crippen LogP contribution is -2.13. The normalized spacial score (nSPS) is 10.8. The summed E-state index contributed by atoms with van der Waals surface area (Å²) in [6.07, 6.45) is 0. The molecule has 0 saturated heterocycles. The summed E-state index contributed by atoms with van der Waals surface area (Å²) in [6, 6.07) is 10.7. The van der Waals surface area contributed by atoms with Crippen LogP contribution in [0.25, 0.3) is 22.4 Å². The molecule has 2 heterocycles. The average Bonchev–Trinajstić information content (AvgIpc) is 3.18. The first-order valence-electron chi connectivity index (χ1n) is 9.59. The van der Waals surface area contributed by atoms with E-state index in [1.807, 2.05) is 0 Å². The van der Waals surface area contributed by atoms with E-state index in [4.69, 9.17) is 18.7 Å². The standard InChI is InChI=1S/C23H20FN3O5/c1-12-20-16(11-17(26-23(20)32-27-12)13-5-7-14(24)8-6-13)22(28)25-15-9-18(29-2)21(31-4)19(10-15)30-3/h5-11H,1-4H3,(H,25,28). The van der Waals surface area contributed by atoms with Crippen molar-refractivity contribution in [3.8, 4) is 28.5 Å². The molecule has 0 atom stereocenters. The van der Waals surface area contributed by atoms with Crippen LogP contribution in [0.4, 0.5) is 10.1 Å². The van der Waals surface area contributed by atoms with E-state index < -0.39 is 5.91 Å². The third kappa shape index (κ3) is 3.80. The molecule has 0 aliphatic carbocycles. The second-order valence-electron chi connectivity index (χ2n) is 6.88. The van der Waals surface area contributed by atoms with Gasteiger partial charge in [-0.2, -0.15) is 0 Å². The van der Waals surface area contributed by atoms with Gasteiger partial charge in [0.15, 0.2) is 11.5 Å². The molecule has 0 radical (unpaired) electrons. The fourth-order valence-corrected chi connectivity index (χ4v) is 3.39. The van der Waals surface area contributed by atoms with Gasteiger partial charge in [0.1, 0.15) is 5.82 Å². The van der Waals surface area contributed by atoms with Gasteiger partial charge in [0.25, 0.3) is 11.6 Å². The largest absolute Gasteiger partial charge is 0.493 e. The van der Waals surface area contributed by atoms with Crippen molar-refractivity contribution in [3.05, 3.63) is 59.5 Å². The molecule has 1 N–H and O–H groups in total. The molecule has 9 heteroatoms. The van der Waals surface area contributed by atoms with Gasteiger partial charge in [0.2, 0.25) is 5.75 Å². The first-order valence-corrected chi connectivity index (χ1v) is 9.59. The van der Waals surface area contributed by atoms with Crippen LogP contribution >= 0.6 is 0 Å². The Bertz CT molecular complexity index is 1280. The van der Waals surface area contributed by atoms with Crippen molar-refractivity contribution in [2.24, 2.45) is 0 Å².